The molecular formula is C26H49N. The summed E-state index contributed by atoms with van der Waals surface area (Å²) in [6.45, 7) is 4.59. The molecule has 0 aliphatic carbocycles. The summed E-state index contributed by atoms with van der Waals surface area (Å²) < 4.78 is 0. The molecule has 0 aromatic carbocycles. The number of unbranched alkanes of at least 4 members (excludes halogenated alkanes) is 16. The molecule has 1 aromatic heterocycles. The molecule has 0 atom stereocenters. The van der Waals surface area contributed by atoms with E-state index in [2.05, 4.69) is 31.2 Å². The van der Waals surface area contributed by atoms with Gasteiger partial charge in [-0.05, 0) is 36.8 Å². The SMILES string of the molecule is CCCCCCCCCCCCc1c[nH]cc1CCCCCCCCCC. The smallest absolute Gasteiger partial charge is 0.00401 e. The van der Waals surface area contributed by atoms with Gasteiger partial charge in [-0.3, -0.25) is 0 Å². The first kappa shape index (κ1) is 24.3. The van der Waals surface area contributed by atoms with Gasteiger partial charge in [0.25, 0.3) is 0 Å². The zero-order valence-electron chi connectivity index (χ0n) is 18.8. The predicted molar refractivity (Wildman–Crippen MR) is 123 cm³/mol. The number of rotatable bonds is 20. The number of H-pyrrole nitrogens is 1. The molecule has 27 heavy (non-hydrogen) atoms. The monoisotopic (exact) mass is 375 g/mol. The van der Waals surface area contributed by atoms with Gasteiger partial charge in [0.05, 0.1) is 0 Å². The van der Waals surface area contributed by atoms with Crippen molar-refractivity contribution in [2.24, 2.45) is 0 Å². The van der Waals surface area contributed by atoms with Gasteiger partial charge in [-0.15, -0.1) is 0 Å². The highest BCUT2D eigenvalue weighted by Crippen LogP contribution is 2.17. The maximum atomic E-state index is 3.36. The van der Waals surface area contributed by atoms with Crippen molar-refractivity contribution in [1.29, 1.82) is 0 Å². The van der Waals surface area contributed by atoms with Gasteiger partial charge < -0.3 is 4.98 Å². The van der Waals surface area contributed by atoms with Crippen LogP contribution in [-0.2, 0) is 12.8 Å². The fraction of sp³-hybridized carbons (Fsp3) is 0.846. The highest BCUT2D eigenvalue weighted by atomic mass is 14.6. The summed E-state index contributed by atoms with van der Waals surface area (Å²) in [5, 5.41) is 0. The third-order valence-electron chi connectivity index (χ3n) is 6.03. The number of nitrogens with one attached hydrogen (secondary N) is 1. The molecule has 0 spiro atoms. The summed E-state index contributed by atoms with van der Waals surface area (Å²) in [5.74, 6) is 0. The van der Waals surface area contributed by atoms with E-state index in [9.17, 15) is 0 Å². The average Bonchev–Trinajstić information content (AvgIpc) is 3.12. The van der Waals surface area contributed by atoms with Crippen LogP contribution in [-0.4, -0.2) is 4.98 Å². The molecule has 1 aromatic rings. The normalized spacial score (nSPS) is 11.3. The van der Waals surface area contributed by atoms with Gasteiger partial charge in [0, 0.05) is 12.4 Å². The van der Waals surface area contributed by atoms with Crippen LogP contribution >= 0.6 is 0 Å². The summed E-state index contributed by atoms with van der Waals surface area (Å²) >= 11 is 0. The molecule has 0 amide bonds. The van der Waals surface area contributed by atoms with Gasteiger partial charge in [0.2, 0.25) is 0 Å². The van der Waals surface area contributed by atoms with Gasteiger partial charge >= 0.3 is 0 Å². The van der Waals surface area contributed by atoms with Crippen molar-refractivity contribution in [2.45, 2.75) is 142 Å². The summed E-state index contributed by atoms with van der Waals surface area (Å²) in [6.07, 6.45) is 32.7. The number of aromatic amines is 1. The zero-order chi connectivity index (χ0) is 19.4. The van der Waals surface area contributed by atoms with Crippen LogP contribution in [0, 0.1) is 0 Å². The lowest BCUT2D eigenvalue weighted by Gasteiger charge is -2.05. The van der Waals surface area contributed by atoms with Crippen LogP contribution in [0.4, 0.5) is 0 Å². The van der Waals surface area contributed by atoms with E-state index >= 15 is 0 Å². The van der Waals surface area contributed by atoms with E-state index in [0.29, 0.717) is 0 Å². The fourth-order valence-corrected chi connectivity index (χ4v) is 4.15. The molecule has 0 aliphatic heterocycles. The number of hydrogen-bond donors (Lipinski definition) is 1. The standard InChI is InChI=1S/C26H49N/c1-3-5-7-9-11-13-14-16-18-20-22-26-24-27-23-25(26)21-19-17-15-12-10-8-6-4-2/h23-24,27H,3-22H2,1-2H3. The minimum absolute atomic E-state index is 1.28. The Bertz CT molecular complexity index is 406. The van der Waals surface area contributed by atoms with Gasteiger partial charge in [-0.1, -0.05) is 117 Å². The zero-order valence-corrected chi connectivity index (χ0v) is 18.8. The molecule has 1 N–H and O–H groups in total. The molecule has 1 nitrogen and oxygen atoms in total. The maximum absolute atomic E-state index is 3.36. The molecule has 0 bridgehead atoms. The third kappa shape index (κ3) is 14.0. The average molecular weight is 376 g/mol. The molecule has 0 saturated heterocycles. The van der Waals surface area contributed by atoms with Crippen molar-refractivity contribution in [3.8, 4) is 0 Å². The van der Waals surface area contributed by atoms with Gasteiger partial charge in [0.15, 0.2) is 0 Å². The maximum Gasteiger partial charge on any atom is 0.00401 e. The van der Waals surface area contributed by atoms with E-state index in [0.717, 1.165) is 0 Å². The third-order valence-corrected chi connectivity index (χ3v) is 6.03. The first-order chi connectivity index (χ1) is 13.4. The Morgan fingerprint density at radius 1 is 0.444 bits per heavy atom. The van der Waals surface area contributed by atoms with Crippen LogP contribution in [0.15, 0.2) is 12.4 Å². The summed E-state index contributed by atoms with van der Waals surface area (Å²) in [5.41, 5.74) is 3.19. The van der Waals surface area contributed by atoms with Crippen LogP contribution in [0.25, 0.3) is 0 Å². The number of hydrogen-bond acceptors (Lipinski definition) is 0. The second-order valence-corrected chi connectivity index (χ2v) is 8.66. The first-order valence-corrected chi connectivity index (χ1v) is 12.5. The van der Waals surface area contributed by atoms with Crippen molar-refractivity contribution in [2.75, 3.05) is 0 Å². The Hall–Kier alpha value is -0.720. The van der Waals surface area contributed by atoms with Crippen molar-refractivity contribution in [1.82, 2.24) is 4.98 Å². The van der Waals surface area contributed by atoms with E-state index in [4.69, 9.17) is 0 Å². The highest BCUT2D eigenvalue weighted by Gasteiger charge is 2.04. The quantitative estimate of drug-likeness (QED) is 0.219. The lowest BCUT2D eigenvalue weighted by Crippen LogP contribution is -1.92. The molecule has 0 saturated carbocycles. The Balaban J connectivity index is 1.96. The van der Waals surface area contributed by atoms with E-state index in [1.807, 2.05) is 0 Å². The van der Waals surface area contributed by atoms with E-state index < -0.39 is 0 Å². The minimum atomic E-state index is 1.28. The van der Waals surface area contributed by atoms with E-state index in [1.165, 1.54) is 128 Å². The second-order valence-electron chi connectivity index (χ2n) is 8.66. The molecule has 0 unspecified atom stereocenters. The Morgan fingerprint density at radius 2 is 0.741 bits per heavy atom. The van der Waals surface area contributed by atoms with Crippen molar-refractivity contribution in [3.63, 3.8) is 0 Å². The van der Waals surface area contributed by atoms with Crippen LogP contribution in [0.2, 0.25) is 0 Å². The van der Waals surface area contributed by atoms with Crippen LogP contribution in [0.3, 0.4) is 0 Å². The summed E-state index contributed by atoms with van der Waals surface area (Å²) in [6, 6.07) is 0. The molecule has 0 radical (unpaired) electrons. The van der Waals surface area contributed by atoms with Gasteiger partial charge in [0.1, 0.15) is 0 Å². The van der Waals surface area contributed by atoms with Crippen LogP contribution < -0.4 is 0 Å². The number of aromatic nitrogens is 1. The fourth-order valence-electron chi connectivity index (χ4n) is 4.15. The molecule has 0 fully saturated rings. The minimum Gasteiger partial charge on any atom is -0.367 e. The topological polar surface area (TPSA) is 15.8 Å². The Kier molecular flexibility index (Phi) is 16.8. The largest absolute Gasteiger partial charge is 0.367 e. The van der Waals surface area contributed by atoms with Crippen molar-refractivity contribution < 1.29 is 0 Å². The Labute approximate surface area is 171 Å². The molecule has 158 valence electrons. The van der Waals surface area contributed by atoms with E-state index in [-0.39, 0.29) is 0 Å². The van der Waals surface area contributed by atoms with Crippen LogP contribution in [0.1, 0.15) is 141 Å². The van der Waals surface area contributed by atoms with E-state index in [1.54, 1.807) is 11.1 Å². The van der Waals surface area contributed by atoms with Crippen LogP contribution in [0.5, 0.6) is 0 Å². The predicted octanol–water partition coefficient (Wildman–Crippen LogP) is 9.16. The number of aryl methyl sites for hydroxylation is 2. The molecular weight excluding hydrogens is 326 g/mol. The lowest BCUT2D eigenvalue weighted by atomic mass is 10.00. The van der Waals surface area contributed by atoms with Crippen molar-refractivity contribution in [3.05, 3.63) is 23.5 Å². The van der Waals surface area contributed by atoms with Crippen molar-refractivity contribution >= 4 is 0 Å². The Morgan fingerprint density at radius 3 is 1.07 bits per heavy atom. The molecule has 1 heterocycles. The second kappa shape index (κ2) is 18.6. The van der Waals surface area contributed by atoms with Gasteiger partial charge in [-0.2, -0.15) is 0 Å². The van der Waals surface area contributed by atoms with Gasteiger partial charge in [-0.25, -0.2) is 0 Å². The first-order valence-electron chi connectivity index (χ1n) is 12.5. The molecule has 1 rings (SSSR count). The summed E-state index contributed by atoms with van der Waals surface area (Å²) in [7, 11) is 0. The summed E-state index contributed by atoms with van der Waals surface area (Å²) in [4.78, 5) is 3.36. The molecule has 1 heteroatoms. The lowest BCUT2D eigenvalue weighted by molar-refractivity contribution is 0.555. The molecule has 0 aliphatic rings. The highest BCUT2D eigenvalue weighted by molar-refractivity contribution is 5.23.